The Kier molecular flexibility index (Phi) is 4.82. The van der Waals surface area contributed by atoms with Crippen molar-refractivity contribution >= 4 is 28.8 Å². The number of carbonyl (C=O) groups is 1. The summed E-state index contributed by atoms with van der Waals surface area (Å²) in [7, 11) is 4.57. The van der Waals surface area contributed by atoms with Crippen LogP contribution in [0.3, 0.4) is 0 Å². The smallest absolute Gasteiger partial charge is 0.315 e. The molecule has 2 aliphatic rings. The number of hydrogen-bond donors (Lipinski definition) is 1. The second-order valence-corrected chi connectivity index (χ2v) is 6.50. The molecule has 9 heteroatoms. The maximum absolute atomic E-state index is 12.6. The summed E-state index contributed by atoms with van der Waals surface area (Å²) in [4.78, 5) is 25.4. The summed E-state index contributed by atoms with van der Waals surface area (Å²) in [6.07, 6.45) is 1.96. The Bertz CT molecular complexity index is 836. The third-order valence-corrected chi connectivity index (χ3v) is 5.10. The highest BCUT2D eigenvalue weighted by molar-refractivity contribution is 7.80. The Hall–Kier alpha value is -2.68. The van der Waals surface area contributed by atoms with Gasteiger partial charge in [0, 0.05) is 30.8 Å². The Morgan fingerprint density at radius 3 is 2.65 bits per heavy atom. The van der Waals surface area contributed by atoms with E-state index in [0.717, 1.165) is 18.5 Å². The van der Waals surface area contributed by atoms with Crippen LogP contribution in [0.25, 0.3) is 0 Å². The molecule has 0 amide bonds. The largest absolute Gasteiger partial charge is 0.493 e. The summed E-state index contributed by atoms with van der Waals surface area (Å²) >= 11 is 5.39. The molecule has 1 unspecified atom stereocenters. The van der Waals surface area contributed by atoms with Gasteiger partial charge in [0.15, 0.2) is 16.6 Å². The quantitative estimate of drug-likeness (QED) is 0.486. The third kappa shape index (κ3) is 2.88. The van der Waals surface area contributed by atoms with Crippen molar-refractivity contribution in [3.05, 3.63) is 39.1 Å². The Morgan fingerprint density at radius 2 is 2.04 bits per heavy atom. The number of allylic oxidation sites excluding steroid dienone is 1. The molecular weight excluding hydrogens is 358 g/mol. The summed E-state index contributed by atoms with van der Waals surface area (Å²) in [5.74, 6) is 0.297. The van der Waals surface area contributed by atoms with Gasteiger partial charge in [0.1, 0.15) is 0 Å². The molecule has 1 heterocycles. The number of nitro benzene ring substituents is 1. The Balaban J connectivity index is 2.20. The predicted octanol–water partition coefficient (Wildman–Crippen LogP) is 2.48. The van der Waals surface area contributed by atoms with Gasteiger partial charge < -0.3 is 19.7 Å². The minimum atomic E-state index is -0.556. The van der Waals surface area contributed by atoms with Crippen LogP contribution in [0.5, 0.6) is 11.5 Å². The van der Waals surface area contributed by atoms with Crippen molar-refractivity contribution in [1.82, 2.24) is 10.2 Å². The molecule has 0 spiro atoms. The van der Waals surface area contributed by atoms with E-state index in [2.05, 4.69) is 5.32 Å². The number of ether oxygens (including phenoxy) is 2. The van der Waals surface area contributed by atoms with Gasteiger partial charge >= 0.3 is 5.69 Å². The first-order valence-corrected chi connectivity index (χ1v) is 8.50. The molecular formula is C17H19N3O5S. The van der Waals surface area contributed by atoms with Crippen LogP contribution in [0.2, 0.25) is 0 Å². The molecule has 0 fully saturated rings. The zero-order chi connectivity index (χ0) is 19.0. The number of hydrogen-bond acceptors (Lipinski definition) is 6. The summed E-state index contributed by atoms with van der Waals surface area (Å²) in [5.41, 5.74) is 1.78. The molecule has 26 heavy (non-hydrogen) atoms. The Morgan fingerprint density at radius 1 is 1.31 bits per heavy atom. The first-order chi connectivity index (χ1) is 12.4. The number of rotatable bonds is 4. The number of ketones is 1. The molecule has 1 aromatic rings. The lowest BCUT2D eigenvalue weighted by atomic mass is 9.84. The maximum Gasteiger partial charge on any atom is 0.315 e. The van der Waals surface area contributed by atoms with Gasteiger partial charge in [-0.2, -0.15) is 0 Å². The van der Waals surface area contributed by atoms with Crippen molar-refractivity contribution in [2.75, 3.05) is 21.3 Å². The molecule has 1 aromatic carbocycles. The maximum atomic E-state index is 12.6. The third-order valence-electron chi connectivity index (χ3n) is 4.71. The normalized spacial score (nSPS) is 19.8. The van der Waals surface area contributed by atoms with Crippen LogP contribution in [-0.4, -0.2) is 42.0 Å². The summed E-state index contributed by atoms with van der Waals surface area (Å²) < 4.78 is 10.4. The lowest BCUT2D eigenvalue weighted by molar-refractivity contribution is -0.385. The second kappa shape index (κ2) is 6.91. The van der Waals surface area contributed by atoms with Gasteiger partial charge in [-0.05, 0) is 36.7 Å². The number of benzene rings is 1. The SMILES string of the molecule is COc1cc(C2NC(=S)N(C)C3=C2C(=O)CCC3)cc([N+](=O)[O-])c1OC. The molecule has 0 saturated heterocycles. The molecule has 0 radical (unpaired) electrons. The van der Waals surface area contributed by atoms with Gasteiger partial charge in [0.25, 0.3) is 0 Å². The number of nitrogens with one attached hydrogen (secondary N) is 1. The monoisotopic (exact) mass is 377 g/mol. The van der Waals surface area contributed by atoms with E-state index in [0.29, 0.717) is 22.7 Å². The molecule has 1 atom stereocenters. The van der Waals surface area contributed by atoms with E-state index in [1.54, 1.807) is 11.0 Å². The molecule has 138 valence electrons. The summed E-state index contributed by atoms with van der Waals surface area (Å²) in [6, 6.07) is 2.49. The average Bonchev–Trinajstić information content (AvgIpc) is 2.63. The first-order valence-electron chi connectivity index (χ1n) is 8.09. The van der Waals surface area contributed by atoms with Crippen LogP contribution >= 0.6 is 12.2 Å². The van der Waals surface area contributed by atoms with E-state index in [4.69, 9.17) is 21.7 Å². The lowest BCUT2D eigenvalue weighted by Crippen LogP contribution is -2.47. The number of Topliss-reactive ketones (excluding diaryl/α,β-unsaturated/α-hetero) is 1. The van der Waals surface area contributed by atoms with Crippen LogP contribution < -0.4 is 14.8 Å². The highest BCUT2D eigenvalue weighted by Gasteiger charge is 2.37. The Labute approximate surface area is 155 Å². The van der Waals surface area contributed by atoms with E-state index >= 15 is 0 Å². The fourth-order valence-electron chi connectivity index (χ4n) is 3.45. The van der Waals surface area contributed by atoms with Crippen molar-refractivity contribution in [1.29, 1.82) is 0 Å². The minimum absolute atomic E-state index is 0.0236. The lowest BCUT2D eigenvalue weighted by Gasteiger charge is -2.39. The summed E-state index contributed by atoms with van der Waals surface area (Å²) in [5, 5.41) is 15.1. The van der Waals surface area contributed by atoms with Crippen LogP contribution in [-0.2, 0) is 4.79 Å². The van der Waals surface area contributed by atoms with E-state index < -0.39 is 11.0 Å². The number of nitrogens with zero attached hydrogens (tertiary/aromatic N) is 2. The van der Waals surface area contributed by atoms with Crippen LogP contribution in [0.1, 0.15) is 30.9 Å². The highest BCUT2D eigenvalue weighted by atomic mass is 32.1. The first kappa shape index (κ1) is 18.1. The van der Waals surface area contributed by atoms with E-state index in [1.807, 2.05) is 7.05 Å². The van der Waals surface area contributed by atoms with Gasteiger partial charge in [-0.3, -0.25) is 14.9 Å². The molecule has 3 rings (SSSR count). The van der Waals surface area contributed by atoms with E-state index in [1.165, 1.54) is 20.3 Å². The zero-order valence-corrected chi connectivity index (χ0v) is 15.5. The fraction of sp³-hybridized carbons (Fsp3) is 0.412. The van der Waals surface area contributed by atoms with E-state index in [-0.39, 0.29) is 23.0 Å². The van der Waals surface area contributed by atoms with Gasteiger partial charge in [0.05, 0.1) is 25.2 Å². The van der Waals surface area contributed by atoms with Crippen molar-refractivity contribution in [3.63, 3.8) is 0 Å². The van der Waals surface area contributed by atoms with Crippen LogP contribution in [0.15, 0.2) is 23.4 Å². The van der Waals surface area contributed by atoms with Gasteiger partial charge in [0.2, 0.25) is 5.75 Å². The van der Waals surface area contributed by atoms with Crippen LogP contribution in [0, 0.1) is 10.1 Å². The highest BCUT2D eigenvalue weighted by Crippen LogP contribution is 2.43. The number of thiocarbonyl (C=S) groups is 1. The molecule has 0 bridgehead atoms. The minimum Gasteiger partial charge on any atom is -0.493 e. The van der Waals surface area contributed by atoms with E-state index in [9.17, 15) is 14.9 Å². The van der Waals surface area contributed by atoms with Crippen LogP contribution in [0.4, 0.5) is 5.69 Å². The molecule has 0 saturated carbocycles. The molecule has 8 nitrogen and oxygen atoms in total. The van der Waals surface area contributed by atoms with Crippen molar-refractivity contribution in [2.24, 2.45) is 0 Å². The standard InChI is InChI=1S/C17H19N3O5S/c1-19-10-5-4-6-12(21)14(10)15(18-17(19)26)9-7-11(20(22)23)16(25-3)13(8-9)24-2/h7-8,15H,4-6H2,1-3H3,(H,18,26). The molecule has 0 aromatic heterocycles. The summed E-state index contributed by atoms with van der Waals surface area (Å²) in [6.45, 7) is 0. The van der Waals surface area contributed by atoms with Crippen molar-refractivity contribution < 1.29 is 19.2 Å². The number of carbonyl (C=O) groups excluding carboxylic acids is 1. The van der Waals surface area contributed by atoms with Gasteiger partial charge in [-0.1, -0.05) is 0 Å². The predicted molar refractivity (Wildman–Crippen MR) is 98.3 cm³/mol. The molecule has 1 aliphatic carbocycles. The molecule has 1 aliphatic heterocycles. The molecule has 1 N–H and O–H groups in total. The average molecular weight is 377 g/mol. The number of methoxy groups -OCH3 is 2. The second-order valence-electron chi connectivity index (χ2n) is 6.11. The number of nitro groups is 1. The van der Waals surface area contributed by atoms with Crippen molar-refractivity contribution in [3.8, 4) is 11.5 Å². The van der Waals surface area contributed by atoms with Gasteiger partial charge in [-0.15, -0.1) is 0 Å². The fourth-order valence-corrected chi connectivity index (χ4v) is 3.68. The van der Waals surface area contributed by atoms with Gasteiger partial charge in [-0.25, -0.2) is 0 Å². The topological polar surface area (TPSA) is 93.9 Å². The zero-order valence-electron chi connectivity index (χ0n) is 14.7. The van der Waals surface area contributed by atoms with Crippen molar-refractivity contribution in [2.45, 2.75) is 25.3 Å².